The smallest absolute Gasteiger partial charge is 0.341 e. The zero-order valence-corrected chi connectivity index (χ0v) is 20.0. The number of amides is 1. The van der Waals surface area contributed by atoms with Crippen LogP contribution in [0.15, 0.2) is 42.5 Å². The Morgan fingerprint density at radius 1 is 1.24 bits per heavy atom. The number of fused-ring (bicyclic) bond motifs is 4. The van der Waals surface area contributed by atoms with Crippen LogP contribution in [0.4, 0.5) is 0 Å². The Morgan fingerprint density at radius 2 is 2.03 bits per heavy atom. The summed E-state index contributed by atoms with van der Waals surface area (Å²) in [5, 5.41) is 9.61. The first-order chi connectivity index (χ1) is 16.2. The molecule has 2 aromatic rings. The molecule has 2 saturated heterocycles. The Kier molecular flexibility index (Phi) is 5.94. The maximum absolute atomic E-state index is 13.4. The summed E-state index contributed by atoms with van der Waals surface area (Å²) in [6.07, 6.45) is 1.56. The van der Waals surface area contributed by atoms with Crippen LogP contribution in [0.25, 0.3) is 0 Å². The van der Waals surface area contributed by atoms with Crippen LogP contribution in [0.1, 0.15) is 48.7 Å². The number of carboxylic acid groups (broad SMARTS) is 1. The number of rotatable bonds is 4. The SMILES string of the molecule is CC1(C)Oc2ccc(Cl)cc2[C@H]2O[C@H]3CCN(C(=O)c4ccccc4OCC(=O)O)C[C@H]3C[C@@H]21. The molecule has 8 heteroatoms. The standard InChI is InChI=1S/C26H28ClNO6/c1-26(2)19-11-15-13-28(25(31)17-5-3-4-6-21(17)32-14-23(29)30)10-9-20(15)33-24(19)18-12-16(27)7-8-22(18)34-26/h3-8,12,15,19-20,24H,9-11,13-14H2,1-2H3,(H,29,30)/t15-,19+,20+,24-/m1/s1. The van der Waals surface area contributed by atoms with E-state index < -0.39 is 18.2 Å². The number of hydrogen-bond acceptors (Lipinski definition) is 5. The zero-order valence-electron chi connectivity index (χ0n) is 19.2. The number of halogens is 1. The number of benzene rings is 2. The van der Waals surface area contributed by atoms with Crippen molar-refractivity contribution < 1.29 is 28.9 Å². The Hall–Kier alpha value is -2.77. The van der Waals surface area contributed by atoms with Gasteiger partial charge in [0, 0.05) is 35.5 Å². The van der Waals surface area contributed by atoms with E-state index in [0.717, 1.165) is 24.2 Å². The van der Waals surface area contributed by atoms with E-state index >= 15 is 0 Å². The minimum absolute atomic E-state index is 0.0459. The lowest BCUT2D eigenvalue weighted by molar-refractivity contribution is -0.184. The van der Waals surface area contributed by atoms with Gasteiger partial charge in [-0.25, -0.2) is 4.79 Å². The van der Waals surface area contributed by atoms with Gasteiger partial charge in [-0.2, -0.15) is 0 Å². The van der Waals surface area contributed by atoms with E-state index in [1.165, 1.54) is 0 Å². The van der Waals surface area contributed by atoms with Gasteiger partial charge in [0.15, 0.2) is 6.61 Å². The highest BCUT2D eigenvalue weighted by molar-refractivity contribution is 6.30. The predicted molar refractivity (Wildman–Crippen MR) is 125 cm³/mol. The molecule has 3 aliphatic rings. The second-order valence-corrected chi connectivity index (χ2v) is 10.2. The molecule has 2 fully saturated rings. The summed E-state index contributed by atoms with van der Waals surface area (Å²) in [5.74, 6) is 0.164. The number of ether oxygens (including phenoxy) is 3. The largest absolute Gasteiger partial charge is 0.487 e. The molecule has 5 rings (SSSR count). The summed E-state index contributed by atoms with van der Waals surface area (Å²) in [6.45, 7) is 4.82. The maximum Gasteiger partial charge on any atom is 0.341 e. The van der Waals surface area contributed by atoms with Crippen molar-refractivity contribution in [3.63, 3.8) is 0 Å². The topological polar surface area (TPSA) is 85.3 Å². The van der Waals surface area contributed by atoms with Crippen molar-refractivity contribution in [3.8, 4) is 11.5 Å². The third-order valence-electron chi connectivity index (χ3n) is 7.21. The molecule has 0 aliphatic carbocycles. The lowest BCUT2D eigenvalue weighted by atomic mass is 9.70. The zero-order chi connectivity index (χ0) is 24.0. The summed E-state index contributed by atoms with van der Waals surface area (Å²) in [7, 11) is 0. The van der Waals surface area contributed by atoms with Gasteiger partial charge in [-0.15, -0.1) is 0 Å². The lowest BCUT2D eigenvalue weighted by Crippen LogP contribution is -2.56. The van der Waals surface area contributed by atoms with Gasteiger partial charge in [-0.05, 0) is 57.0 Å². The van der Waals surface area contributed by atoms with E-state index in [1.807, 2.05) is 23.1 Å². The molecular formula is C26H28ClNO6. The number of nitrogens with zero attached hydrogens (tertiary/aromatic N) is 1. The van der Waals surface area contributed by atoms with Gasteiger partial charge in [0.25, 0.3) is 5.91 Å². The summed E-state index contributed by atoms with van der Waals surface area (Å²) >= 11 is 6.28. The fourth-order valence-electron chi connectivity index (χ4n) is 5.54. The first-order valence-electron chi connectivity index (χ1n) is 11.6. The Balaban J connectivity index is 1.35. The van der Waals surface area contributed by atoms with Gasteiger partial charge in [0.1, 0.15) is 17.1 Å². The van der Waals surface area contributed by atoms with Crippen molar-refractivity contribution in [1.29, 1.82) is 0 Å². The molecule has 0 unspecified atom stereocenters. The predicted octanol–water partition coefficient (Wildman–Crippen LogP) is 4.58. The molecule has 3 heterocycles. The maximum atomic E-state index is 13.4. The molecule has 34 heavy (non-hydrogen) atoms. The molecule has 4 atom stereocenters. The van der Waals surface area contributed by atoms with E-state index in [9.17, 15) is 9.59 Å². The number of hydrogen-bond donors (Lipinski definition) is 1. The highest BCUT2D eigenvalue weighted by atomic mass is 35.5. The van der Waals surface area contributed by atoms with Gasteiger partial charge in [-0.1, -0.05) is 23.7 Å². The Morgan fingerprint density at radius 3 is 2.82 bits per heavy atom. The van der Waals surface area contributed by atoms with Gasteiger partial charge < -0.3 is 24.2 Å². The van der Waals surface area contributed by atoms with Crippen LogP contribution < -0.4 is 9.47 Å². The highest BCUT2D eigenvalue weighted by Crippen LogP contribution is 2.53. The van der Waals surface area contributed by atoms with Crippen molar-refractivity contribution in [1.82, 2.24) is 4.90 Å². The van der Waals surface area contributed by atoms with Gasteiger partial charge in [0.2, 0.25) is 0 Å². The van der Waals surface area contributed by atoms with Crippen LogP contribution in [-0.4, -0.2) is 53.3 Å². The number of aliphatic carboxylic acids is 1. The number of para-hydroxylation sites is 1. The quantitative estimate of drug-likeness (QED) is 0.682. The molecule has 1 amide bonds. The first-order valence-corrected chi connectivity index (χ1v) is 12.0. The van der Waals surface area contributed by atoms with Crippen LogP contribution in [0.2, 0.25) is 5.02 Å². The molecule has 0 aromatic heterocycles. The van der Waals surface area contributed by atoms with Crippen molar-refractivity contribution in [2.45, 2.75) is 44.5 Å². The Labute approximate surface area is 203 Å². The average Bonchev–Trinajstić information content (AvgIpc) is 2.81. The van der Waals surface area contributed by atoms with Crippen molar-refractivity contribution in [2.24, 2.45) is 11.8 Å². The fraction of sp³-hybridized carbons (Fsp3) is 0.462. The van der Waals surface area contributed by atoms with Gasteiger partial charge >= 0.3 is 5.97 Å². The van der Waals surface area contributed by atoms with Crippen LogP contribution in [-0.2, 0) is 9.53 Å². The summed E-state index contributed by atoms with van der Waals surface area (Å²) < 4.78 is 18.4. The third kappa shape index (κ3) is 4.23. The summed E-state index contributed by atoms with van der Waals surface area (Å²) in [6, 6.07) is 12.5. The molecule has 0 spiro atoms. The minimum atomic E-state index is -1.09. The number of piperidine rings is 1. The molecule has 0 bridgehead atoms. The van der Waals surface area contributed by atoms with E-state index in [4.69, 9.17) is 30.9 Å². The van der Waals surface area contributed by atoms with E-state index in [1.54, 1.807) is 24.3 Å². The molecule has 1 N–H and O–H groups in total. The number of likely N-dealkylation sites (tertiary alicyclic amines) is 1. The number of carboxylic acids is 1. The lowest BCUT2D eigenvalue weighted by Gasteiger charge is -2.53. The molecule has 7 nitrogen and oxygen atoms in total. The highest BCUT2D eigenvalue weighted by Gasteiger charge is 2.51. The Bertz CT molecular complexity index is 1120. The minimum Gasteiger partial charge on any atom is -0.487 e. The average molecular weight is 486 g/mol. The number of carbonyl (C=O) groups is 2. The number of carbonyl (C=O) groups excluding carboxylic acids is 1. The summed E-state index contributed by atoms with van der Waals surface area (Å²) in [4.78, 5) is 26.1. The van der Waals surface area contributed by atoms with Gasteiger partial charge in [0.05, 0.1) is 17.8 Å². The molecule has 2 aromatic carbocycles. The van der Waals surface area contributed by atoms with E-state index in [-0.39, 0.29) is 35.7 Å². The van der Waals surface area contributed by atoms with Crippen molar-refractivity contribution in [2.75, 3.05) is 19.7 Å². The normalized spacial score (nSPS) is 27.0. The summed E-state index contributed by atoms with van der Waals surface area (Å²) in [5.41, 5.74) is 0.958. The van der Waals surface area contributed by atoms with Crippen LogP contribution in [0.3, 0.4) is 0 Å². The fourth-order valence-corrected chi connectivity index (χ4v) is 5.73. The van der Waals surface area contributed by atoms with E-state index in [0.29, 0.717) is 23.7 Å². The molecule has 180 valence electrons. The monoisotopic (exact) mass is 485 g/mol. The second-order valence-electron chi connectivity index (χ2n) is 9.80. The molecule has 0 saturated carbocycles. The van der Waals surface area contributed by atoms with Crippen molar-refractivity contribution in [3.05, 3.63) is 58.6 Å². The van der Waals surface area contributed by atoms with Crippen LogP contribution in [0, 0.1) is 11.8 Å². The molecular weight excluding hydrogens is 458 g/mol. The molecule has 3 aliphatic heterocycles. The van der Waals surface area contributed by atoms with Gasteiger partial charge in [-0.3, -0.25) is 4.79 Å². The van der Waals surface area contributed by atoms with Crippen LogP contribution >= 0.6 is 11.6 Å². The molecule has 0 radical (unpaired) electrons. The second kappa shape index (κ2) is 8.78. The third-order valence-corrected chi connectivity index (χ3v) is 7.44. The van der Waals surface area contributed by atoms with Crippen molar-refractivity contribution >= 4 is 23.5 Å². The van der Waals surface area contributed by atoms with Crippen LogP contribution in [0.5, 0.6) is 11.5 Å². The first kappa shape index (κ1) is 23.0. The van der Waals surface area contributed by atoms with E-state index in [2.05, 4.69) is 13.8 Å².